The van der Waals surface area contributed by atoms with Crippen molar-refractivity contribution in [3.8, 4) is 0 Å². The van der Waals surface area contributed by atoms with Crippen molar-refractivity contribution < 1.29 is 14.5 Å². The highest BCUT2D eigenvalue weighted by Crippen LogP contribution is 2.18. The van der Waals surface area contributed by atoms with Gasteiger partial charge in [0.25, 0.3) is 5.69 Å². The highest BCUT2D eigenvalue weighted by Gasteiger charge is 2.16. The summed E-state index contributed by atoms with van der Waals surface area (Å²) in [5, 5.41) is 10.5. The molecule has 0 unspecified atom stereocenters. The quantitative estimate of drug-likeness (QED) is 0.252. The van der Waals surface area contributed by atoms with Crippen molar-refractivity contribution in [1.29, 1.82) is 0 Å². The van der Waals surface area contributed by atoms with Crippen LogP contribution < -0.4 is 0 Å². The summed E-state index contributed by atoms with van der Waals surface area (Å²) in [6.07, 6.45) is 0.233. The van der Waals surface area contributed by atoms with Gasteiger partial charge in [-0.2, -0.15) is 0 Å². The van der Waals surface area contributed by atoms with Crippen molar-refractivity contribution in [3.63, 3.8) is 0 Å². The molecule has 0 saturated heterocycles. The lowest BCUT2D eigenvalue weighted by Crippen LogP contribution is -2.20. The third kappa shape index (κ3) is 6.85. The van der Waals surface area contributed by atoms with Crippen LogP contribution in [-0.4, -0.2) is 19.0 Å². The Kier molecular flexibility index (Phi) is 5.84. The van der Waals surface area contributed by atoms with Crippen LogP contribution in [0.15, 0.2) is 36.4 Å². The van der Waals surface area contributed by atoms with E-state index in [2.05, 4.69) is 26.2 Å². The summed E-state index contributed by atoms with van der Waals surface area (Å²) < 4.78 is 5.16. The molecule has 0 aliphatic carbocycles. The van der Waals surface area contributed by atoms with Gasteiger partial charge < -0.3 is 4.74 Å². The molecule has 0 N–H and O–H groups in total. The van der Waals surface area contributed by atoms with Crippen molar-refractivity contribution in [2.24, 2.45) is 0 Å². The number of ether oxygens (including phenoxy) is 1. The fraction of sp³-hybridized carbons (Fsp3) is 0.400. The number of hydrogen-bond acceptors (Lipinski definition) is 4. The number of hydrogen-bond donors (Lipinski definition) is 0. The molecule has 0 fully saturated rings. The standard InChI is InChI=1S/C15H21NO4Si/c1-12(11-21(2,3)4)9-15(17)20-10-13-5-7-14(8-6-13)16(18)19/h5-8H,1,9-11H2,2-4H3. The molecule has 0 aromatic heterocycles. The Morgan fingerprint density at radius 2 is 1.86 bits per heavy atom. The number of nitrogens with zero attached hydrogens (tertiary/aromatic N) is 1. The maximum Gasteiger partial charge on any atom is 0.310 e. The molecule has 0 spiro atoms. The summed E-state index contributed by atoms with van der Waals surface area (Å²) in [4.78, 5) is 21.8. The molecule has 1 aromatic rings. The first-order chi connectivity index (χ1) is 9.67. The summed E-state index contributed by atoms with van der Waals surface area (Å²) in [7, 11) is -1.26. The molecule has 0 aliphatic rings. The van der Waals surface area contributed by atoms with E-state index in [1.54, 1.807) is 12.1 Å². The first-order valence-corrected chi connectivity index (χ1v) is 10.4. The van der Waals surface area contributed by atoms with E-state index in [1.165, 1.54) is 12.1 Å². The Morgan fingerprint density at radius 3 is 2.33 bits per heavy atom. The number of non-ortho nitro benzene ring substituents is 1. The number of esters is 1. The molecule has 1 rings (SSSR count). The lowest BCUT2D eigenvalue weighted by Gasteiger charge is -2.17. The SMILES string of the molecule is C=C(CC(=O)OCc1ccc([N+](=O)[O-])cc1)C[Si](C)(C)C. The zero-order valence-electron chi connectivity index (χ0n) is 12.7. The molecule has 0 radical (unpaired) electrons. The Morgan fingerprint density at radius 1 is 1.29 bits per heavy atom. The second kappa shape index (κ2) is 7.17. The Hall–Kier alpha value is -1.95. The minimum atomic E-state index is -1.26. The van der Waals surface area contributed by atoms with E-state index < -0.39 is 13.0 Å². The summed E-state index contributed by atoms with van der Waals surface area (Å²) in [5.74, 6) is -0.309. The highest BCUT2D eigenvalue weighted by molar-refractivity contribution is 6.76. The fourth-order valence-electron chi connectivity index (χ4n) is 1.95. The molecular weight excluding hydrogens is 286 g/mol. The lowest BCUT2D eigenvalue weighted by atomic mass is 10.2. The smallest absolute Gasteiger partial charge is 0.310 e. The summed E-state index contributed by atoms with van der Waals surface area (Å²) in [6.45, 7) is 10.7. The van der Waals surface area contributed by atoms with Crippen LogP contribution in [0.25, 0.3) is 0 Å². The van der Waals surface area contributed by atoms with E-state index in [1.807, 2.05) is 0 Å². The first-order valence-electron chi connectivity index (χ1n) is 6.73. The van der Waals surface area contributed by atoms with Gasteiger partial charge in [0.05, 0.1) is 11.3 Å². The van der Waals surface area contributed by atoms with Gasteiger partial charge in [0.2, 0.25) is 0 Å². The third-order valence-corrected chi connectivity index (χ3v) is 4.28. The van der Waals surface area contributed by atoms with Crippen LogP contribution in [0.5, 0.6) is 0 Å². The Bertz CT molecular complexity index is 532. The van der Waals surface area contributed by atoms with Gasteiger partial charge in [-0.3, -0.25) is 14.9 Å². The molecule has 5 nitrogen and oxygen atoms in total. The topological polar surface area (TPSA) is 69.4 Å². The number of carbonyl (C=O) groups is 1. The predicted molar refractivity (Wildman–Crippen MR) is 84.8 cm³/mol. The van der Waals surface area contributed by atoms with Gasteiger partial charge in [-0.05, 0) is 23.7 Å². The van der Waals surface area contributed by atoms with Crippen LogP contribution in [0, 0.1) is 10.1 Å². The van der Waals surface area contributed by atoms with Crippen LogP contribution in [0.2, 0.25) is 25.7 Å². The second-order valence-corrected chi connectivity index (χ2v) is 11.7. The molecular formula is C15H21NO4Si. The van der Waals surface area contributed by atoms with E-state index in [-0.39, 0.29) is 24.7 Å². The van der Waals surface area contributed by atoms with Crippen LogP contribution >= 0.6 is 0 Å². The van der Waals surface area contributed by atoms with E-state index in [9.17, 15) is 14.9 Å². The third-order valence-electron chi connectivity index (χ3n) is 2.72. The molecule has 6 heteroatoms. The highest BCUT2D eigenvalue weighted by atomic mass is 28.3. The first kappa shape index (κ1) is 17.1. The Labute approximate surface area is 125 Å². The zero-order valence-corrected chi connectivity index (χ0v) is 13.7. The molecule has 0 amide bonds. The number of carbonyl (C=O) groups excluding carboxylic acids is 1. The van der Waals surface area contributed by atoms with Crippen LogP contribution in [0.4, 0.5) is 5.69 Å². The normalized spacial score (nSPS) is 11.0. The van der Waals surface area contributed by atoms with E-state index in [0.29, 0.717) is 0 Å². The fourth-order valence-corrected chi connectivity index (χ4v) is 3.57. The molecule has 1 aromatic carbocycles. The molecule has 0 heterocycles. The van der Waals surface area contributed by atoms with Gasteiger partial charge in [-0.25, -0.2) is 0 Å². The van der Waals surface area contributed by atoms with Crippen molar-refractivity contribution >= 4 is 19.7 Å². The van der Waals surface area contributed by atoms with Crippen molar-refractivity contribution in [2.45, 2.75) is 38.7 Å². The average Bonchev–Trinajstić information content (AvgIpc) is 2.34. The summed E-state index contributed by atoms with van der Waals surface area (Å²) in [5.41, 5.74) is 1.65. The van der Waals surface area contributed by atoms with Gasteiger partial charge in [0.1, 0.15) is 6.61 Å². The van der Waals surface area contributed by atoms with Crippen LogP contribution in [0.1, 0.15) is 12.0 Å². The Balaban J connectivity index is 2.42. The van der Waals surface area contributed by atoms with Crippen molar-refractivity contribution in [3.05, 3.63) is 52.1 Å². The number of rotatable bonds is 7. The number of nitro benzene ring substituents is 1. The maximum absolute atomic E-state index is 11.7. The second-order valence-electron chi connectivity index (χ2n) is 6.25. The average molecular weight is 307 g/mol. The number of nitro groups is 1. The molecule has 0 bridgehead atoms. The van der Waals surface area contributed by atoms with Gasteiger partial charge in [0, 0.05) is 20.2 Å². The van der Waals surface area contributed by atoms with Crippen LogP contribution in [0.3, 0.4) is 0 Å². The van der Waals surface area contributed by atoms with E-state index >= 15 is 0 Å². The van der Waals surface area contributed by atoms with E-state index in [0.717, 1.165) is 17.2 Å². The van der Waals surface area contributed by atoms with Crippen molar-refractivity contribution in [2.75, 3.05) is 0 Å². The maximum atomic E-state index is 11.7. The number of benzene rings is 1. The van der Waals surface area contributed by atoms with Gasteiger partial charge in [0.15, 0.2) is 0 Å². The monoisotopic (exact) mass is 307 g/mol. The molecule has 114 valence electrons. The molecule has 21 heavy (non-hydrogen) atoms. The predicted octanol–water partition coefficient (Wildman–Crippen LogP) is 3.92. The summed E-state index contributed by atoms with van der Waals surface area (Å²) >= 11 is 0. The summed E-state index contributed by atoms with van der Waals surface area (Å²) in [6, 6.07) is 6.87. The lowest BCUT2D eigenvalue weighted by molar-refractivity contribution is -0.384. The van der Waals surface area contributed by atoms with Gasteiger partial charge in [-0.15, -0.1) is 0 Å². The van der Waals surface area contributed by atoms with Gasteiger partial charge in [-0.1, -0.05) is 31.8 Å². The minimum absolute atomic E-state index is 0.0218. The van der Waals surface area contributed by atoms with Crippen LogP contribution in [-0.2, 0) is 16.1 Å². The van der Waals surface area contributed by atoms with Gasteiger partial charge >= 0.3 is 5.97 Å². The molecule has 0 atom stereocenters. The molecule has 0 aliphatic heterocycles. The van der Waals surface area contributed by atoms with E-state index in [4.69, 9.17) is 4.74 Å². The largest absolute Gasteiger partial charge is 0.461 e. The minimum Gasteiger partial charge on any atom is -0.461 e. The molecule has 0 saturated carbocycles. The van der Waals surface area contributed by atoms with Crippen molar-refractivity contribution in [1.82, 2.24) is 0 Å². The zero-order chi connectivity index (χ0) is 16.0.